The maximum atomic E-state index is 5.93. The van der Waals surface area contributed by atoms with Gasteiger partial charge >= 0.3 is 0 Å². The summed E-state index contributed by atoms with van der Waals surface area (Å²) in [5, 5.41) is 2.41. The van der Waals surface area contributed by atoms with E-state index < -0.39 is 0 Å². The summed E-state index contributed by atoms with van der Waals surface area (Å²) in [6.07, 6.45) is 2.40. The van der Waals surface area contributed by atoms with Gasteiger partial charge in [0.2, 0.25) is 0 Å². The number of anilines is 1. The van der Waals surface area contributed by atoms with E-state index in [4.69, 9.17) is 5.73 Å². The smallest absolute Gasteiger partial charge is 0.0393 e. The first kappa shape index (κ1) is 11.0. The fourth-order valence-electron chi connectivity index (χ4n) is 1.97. The third kappa shape index (κ3) is 2.35. The molecular weight excluding hydrogens is 194 g/mol. The summed E-state index contributed by atoms with van der Waals surface area (Å²) in [4.78, 5) is 0. The molecule has 0 unspecified atom stereocenters. The molecule has 16 heavy (non-hydrogen) atoms. The fraction of sp³-hybridized carbons (Fsp3) is 0.333. The number of hydrogen-bond acceptors (Lipinski definition) is 1. The van der Waals surface area contributed by atoms with Crippen LogP contribution in [0.25, 0.3) is 10.8 Å². The molecule has 0 aliphatic rings. The average molecular weight is 213 g/mol. The van der Waals surface area contributed by atoms with E-state index in [1.54, 1.807) is 0 Å². The quantitative estimate of drug-likeness (QED) is 0.766. The predicted octanol–water partition coefficient (Wildman–Crippen LogP) is 4.01. The molecule has 0 heterocycles. The number of hydrogen-bond donors (Lipinski definition) is 1. The monoisotopic (exact) mass is 213 g/mol. The minimum Gasteiger partial charge on any atom is -0.398 e. The number of benzene rings is 2. The topological polar surface area (TPSA) is 26.0 Å². The molecule has 0 bridgehead atoms. The zero-order valence-electron chi connectivity index (χ0n) is 10.0. The van der Waals surface area contributed by atoms with Gasteiger partial charge in [0, 0.05) is 11.1 Å². The molecule has 0 amide bonds. The molecule has 0 aliphatic heterocycles. The normalized spacial score (nSPS) is 11.2. The van der Waals surface area contributed by atoms with Crippen LogP contribution < -0.4 is 5.73 Å². The van der Waals surface area contributed by atoms with Gasteiger partial charge in [0.15, 0.2) is 0 Å². The van der Waals surface area contributed by atoms with Gasteiger partial charge in [0.1, 0.15) is 0 Å². The van der Waals surface area contributed by atoms with E-state index in [1.807, 2.05) is 12.1 Å². The summed E-state index contributed by atoms with van der Waals surface area (Å²) in [6.45, 7) is 4.53. The molecule has 84 valence electrons. The van der Waals surface area contributed by atoms with Crippen molar-refractivity contribution in [1.82, 2.24) is 0 Å². The van der Waals surface area contributed by atoms with Gasteiger partial charge in [-0.2, -0.15) is 0 Å². The lowest BCUT2D eigenvalue weighted by atomic mass is 9.99. The van der Waals surface area contributed by atoms with Crippen LogP contribution in [0.2, 0.25) is 0 Å². The van der Waals surface area contributed by atoms with Crippen LogP contribution in [0, 0.1) is 5.92 Å². The Balaban J connectivity index is 2.30. The van der Waals surface area contributed by atoms with Gasteiger partial charge in [-0.15, -0.1) is 0 Å². The van der Waals surface area contributed by atoms with Crippen LogP contribution in [-0.2, 0) is 6.42 Å². The van der Waals surface area contributed by atoms with Gasteiger partial charge in [0.25, 0.3) is 0 Å². The van der Waals surface area contributed by atoms with E-state index in [0.29, 0.717) is 0 Å². The Kier molecular flexibility index (Phi) is 3.14. The molecule has 0 saturated carbocycles. The second-order valence-corrected chi connectivity index (χ2v) is 4.84. The van der Waals surface area contributed by atoms with Gasteiger partial charge in [-0.05, 0) is 35.8 Å². The first-order valence-corrected chi connectivity index (χ1v) is 5.94. The highest BCUT2D eigenvalue weighted by atomic mass is 14.5. The van der Waals surface area contributed by atoms with Crippen molar-refractivity contribution in [1.29, 1.82) is 0 Å². The minimum absolute atomic E-state index is 0.761. The summed E-state index contributed by atoms with van der Waals surface area (Å²) in [6, 6.07) is 12.7. The predicted molar refractivity (Wildman–Crippen MR) is 71.5 cm³/mol. The summed E-state index contributed by atoms with van der Waals surface area (Å²) in [5.41, 5.74) is 8.21. The van der Waals surface area contributed by atoms with Crippen LogP contribution in [0.3, 0.4) is 0 Å². The zero-order chi connectivity index (χ0) is 11.5. The molecular formula is C15H19N. The molecule has 0 aliphatic carbocycles. The van der Waals surface area contributed by atoms with Gasteiger partial charge < -0.3 is 5.73 Å². The molecule has 0 saturated heterocycles. The van der Waals surface area contributed by atoms with Gasteiger partial charge in [-0.3, -0.25) is 0 Å². The summed E-state index contributed by atoms with van der Waals surface area (Å²) in [7, 11) is 0. The van der Waals surface area contributed by atoms with Crippen LogP contribution in [-0.4, -0.2) is 0 Å². The van der Waals surface area contributed by atoms with E-state index in [0.717, 1.165) is 23.4 Å². The lowest BCUT2D eigenvalue weighted by Gasteiger charge is -2.07. The van der Waals surface area contributed by atoms with E-state index in [2.05, 4.69) is 38.1 Å². The molecule has 2 N–H and O–H groups in total. The highest BCUT2D eigenvalue weighted by molar-refractivity contribution is 5.93. The molecule has 0 aromatic heterocycles. The number of nitrogen functional groups attached to an aromatic ring is 1. The largest absolute Gasteiger partial charge is 0.398 e. The second-order valence-electron chi connectivity index (χ2n) is 4.84. The maximum absolute atomic E-state index is 5.93. The van der Waals surface area contributed by atoms with Crippen LogP contribution in [0.15, 0.2) is 36.4 Å². The van der Waals surface area contributed by atoms with Crippen molar-refractivity contribution in [3.05, 3.63) is 42.0 Å². The molecule has 2 aromatic carbocycles. The lowest BCUT2D eigenvalue weighted by Crippen LogP contribution is -1.93. The Morgan fingerprint density at radius 2 is 1.94 bits per heavy atom. The average Bonchev–Trinajstić information content (AvgIpc) is 2.26. The molecule has 2 rings (SSSR count). The van der Waals surface area contributed by atoms with E-state index in [-0.39, 0.29) is 0 Å². The minimum atomic E-state index is 0.761. The number of fused-ring (bicyclic) bond motifs is 1. The Labute approximate surface area is 97.3 Å². The Bertz CT molecular complexity index is 486. The molecule has 0 radical (unpaired) electrons. The van der Waals surface area contributed by atoms with E-state index in [1.165, 1.54) is 17.4 Å². The summed E-state index contributed by atoms with van der Waals surface area (Å²) >= 11 is 0. The van der Waals surface area contributed by atoms with Gasteiger partial charge in [0.05, 0.1) is 0 Å². The Morgan fingerprint density at radius 3 is 2.69 bits per heavy atom. The number of nitrogens with two attached hydrogens (primary N) is 1. The van der Waals surface area contributed by atoms with Crippen molar-refractivity contribution in [3.63, 3.8) is 0 Å². The van der Waals surface area contributed by atoms with Crippen molar-refractivity contribution in [3.8, 4) is 0 Å². The molecule has 0 atom stereocenters. The molecule has 0 spiro atoms. The summed E-state index contributed by atoms with van der Waals surface area (Å²) < 4.78 is 0. The van der Waals surface area contributed by atoms with Crippen molar-refractivity contribution < 1.29 is 0 Å². The van der Waals surface area contributed by atoms with E-state index in [9.17, 15) is 0 Å². The Morgan fingerprint density at radius 1 is 1.12 bits per heavy atom. The second kappa shape index (κ2) is 4.56. The number of aryl methyl sites for hydroxylation is 1. The van der Waals surface area contributed by atoms with Gasteiger partial charge in [-0.1, -0.05) is 44.2 Å². The molecule has 1 heteroatoms. The highest BCUT2D eigenvalue weighted by Crippen LogP contribution is 2.22. The van der Waals surface area contributed by atoms with Crippen LogP contribution >= 0.6 is 0 Å². The third-order valence-electron chi connectivity index (χ3n) is 2.99. The first-order chi connectivity index (χ1) is 7.66. The highest BCUT2D eigenvalue weighted by Gasteiger charge is 2.00. The lowest BCUT2D eigenvalue weighted by molar-refractivity contribution is 0.587. The van der Waals surface area contributed by atoms with Crippen LogP contribution in [0.1, 0.15) is 25.8 Å². The standard InChI is InChI=1S/C15H19N/c1-11(2)6-7-12-8-9-14-13(10-12)4-3-5-15(14)16/h3-5,8-11H,6-7,16H2,1-2H3. The Hall–Kier alpha value is -1.50. The molecule has 1 nitrogen and oxygen atoms in total. The van der Waals surface area contributed by atoms with Crippen LogP contribution in [0.4, 0.5) is 5.69 Å². The third-order valence-corrected chi connectivity index (χ3v) is 2.99. The fourth-order valence-corrected chi connectivity index (χ4v) is 1.97. The summed E-state index contributed by atoms with van der Waals surface area (Å²) in [5.74, 6) is 0.761. The zero-order valence-corrected chi connectivity index (χ0v) is 10.0. The number of rotatable bonds is 3. The first-order valence-electron chi connectivity index (χ1n) is 5.94. The van der Waals surface area contributed by atoms with Crippen molar-refractivity contribution in [2.24, 2.45) is 5.92 Å². The van der Waals surface area contributed by atoms with Gasteiger partial charge in [-0.25, -0.2) is 0 Å². The maximum Gasteiger partial charge on any atom is 0.0393 e. The molecule has 2 aromatic rings. The van der Waals surface area contributed by atoms with Crippen LogP contribution in [0.5, 0.6) is 0 Å². The molecule has 0 fully saturated rings. The van der Waals surface area contributed by atoms with Crippen molar-refractivity contribution in [2.45, 2.75) is 26.7 Å². The van der Waals surface area contributed by atoms with Crippen molar-refractivity contribution >= 4 is 16.5 Å². The SMILES string of the molecule is CC(C)CCc1ccc2c(N)cccc2c1. The van der Waals surface area contributed by atoms with Crippen molar-refractivity contribution in [2.75, 3.05) is 5.73 Å². The van der Waals surface area contributed by atoms with E-state index >= 15 is 0 Å².